The lowest BCUT2D eigenvalue weighted by Gasteiger charge is -2.29. The Morgan fingerprint density at radius 2 is 1.74 bits per heavy atom. The maximum Gasteiger partial charge on any atom is 0.417 e. The summed E-state index contributed by atoms with van der Waals surface area (Å²) < 4.78 is 42.2. The van der Waals surface area contributed by atoms with Crippen molar-refractivity contribution in [2.45, 2.75) is 58.0 Å². The Bertz CT molecular complexity index is 1430. The number of thiocarbonyl (C=S) groups is 1. The fraction of sp³-hybridized carbons (Fsp3) is 0.346. The van der Waals surface area contributed by atoms with E-state index in [1.165, 1.54) is 12.1 Å². The Labute approximate surface area is 222 Å². The summed E-state index contributed by atoms with van der Waals surface area (Å²) in [7, 11) is 0. The van der Waals surface area contributed by atoms with E-state index in [1.807, 2.05) is 24.3 Å². The fourth-order valence-corrected chi connectivity index (χ4v) is 4.70. The van der Waals surface area contributed by atoms with Crippen molar-refractivity contribution in [2.24, 2.45) is 0 Å². The maximum absolute atomic E-state index is 13.5. The standard InChI is InChI=1S/C26H25F3N6O2S/c1-24(2,37)12-18-15-34(32-31-18)19-8-5-16(6-9-19)14-33-23(38)35(22(36)25(33,3)4)20-10-7-17(13-30)21(11-20)26(27,28)29/h5-11,15,37H,12,14H2,1-4H3. The van der Waals surface area contributed by atoms with E-state index in [9.17, 15) is 23.1 Å². The Kier molecular flexibility index (Phi) is 6.80. The van der Waals surface area contributed by atoms with Crippen LogP contribution in [0.25, 0.3) is 5.69 Å². The largest absolute Gasteiger partial charge is 0.417 e. The van der Waals surface area contributed by atoms with Gasteiger partial charge in [-0.1, -0.05) is 17.3 Å². The molecule has 12 heteroatoms. The number of halogens is 3. The van der Waals surface area contributed by atoms with E-state index in [4.69, 9.17) is 17.5 Å². The van der Waals surface area contributed by atoms with Gasteiger partial charge in [0.1, 0.15) is 5.54 Å². The van der Waals surface area contributed by atoms with E-state index >= 15 is 0 Å². The number of aromatic nitrogens is 3. The molecule has 1 amide bonds. The minimum atomic E-state index is -4.76. The SMILES string of the molecule is CC(C)(O)Cc1cn(-c2ccc(CN3C(=S)N(c4ccc(C#N)c(C(F)(F)F)c4)C(=O)C3(C)C)cc2)nn1. The number of nitrogens with zero attached hydrogens (tertiary/aromatic N) is 6. The molecule has 3 aromatic rings. The summed E-state index contributed by atoms with van der Waals surface area (Å²) in [6.07, 6.45) is -2.68. The Balaban J connectivity index is 1.57. The second-order valence-electron chi connectivity index (χ2n) is 10.2. The van der Waals surface area contributed by atoms with Gasteiger partial charge in [-0.05, 0) is 75.8 Å². The highest BCUT2D eigenvalue weighted by Gasteiger charge is 2.49. The number of anilines is 1. The number of aliphatic hydroxyl groups is 1. The first kappa shape index (κ1) is 27.2. The van der Waals surface area contributed by atoms with Crippen LogP contribution in [0.4, 0.5) is 18.9 Å². The molecule has 1 aromatic heterocycles. The van der Waals surface area contributed by atoms with E-state index in [-0.39, 0.29) is 17.3 Å². The molecule has 1 N–H and O–H groups in total. The average Bonchev–Trinajstić information content (AvgIpc) is 3.34. The van der Waals surface area contributed by atoms with Crippen LogP contribution in [0, 0.1) is 11.3 Å². The van der Waals surface area contributed by atoms with Gasteiger partial charge in [0.25, 0.3) is 5.91 Å². The topological polar surface area (TPSA) is 98.3 Å². The van der Waals surface area contributed by atoms with E-state index in [0.717, 1.165) is 28.3 Å². The van der Waals surface area contributed by atoms with Crippen LogP contribution in [0.2, 0.25) is 0 Å². The average molecular weight is 543 g/mol. The van der Waals surface area contributed by atoms with Crippen molar-refractivity contribution >= 4 is 28.9 Å². The van der Waals surface area contributed by atoms with Crippen LogP contribution >= 0.6 is 12.2 Å². The summed E-state index contributed by atoms with van der Waals surface area (Å²) in [6, 6.07) is 12.0. The number of nitriles is 1. The zero-order valence-corrected chi connectivity index (χ0v) is 21.9. The van der Waals surface area contributed by atoms with Crippen LogP contribution in [-0.2, 0) is 23.9 Å². The third-order valence-electron chi connectivity index (χ3n) is 6.21. The number of hydrogen-bond acceptors (Lipinski definition) is 6. The Morgan fingerprint density at radius 1 is 1.11 bits per heavy atom. The molecule has 38 heavy (non-hydrogen) atoms. The smallest absolute Gasteiger partial charge is 0.390 e. The molecule has 0 atom stereocenters. The van der Waals surface area contributed by atoms with Crippen molar-refractivity contribution in [2.75, 3.05) is 4.90 Å². The minimum absolute atomic E-state index is 0.0507. The molecule has 0 radical (unpaired) electrons. The van der Waals surface area contributed by atoms with Crippen molar-refractivity contribution < 1.29 is 23.1 Å². The quantitative estimate of drug-likeness (QED) is 0.462. The zero-order valence-electron chi connectivity index (χ0n) is 21.1. The molecular weight excluding hydrogens is 517 g/mol. The summed E-state index contributed by atoms with van der Waals surface area (Å²) in [4.78, 5) is 16.0. The minimum Gasteiger partial charge on any atom is -0.390 e. The van der Waals surface area contributed by atoms with Gasteiger partial charge in [0.2, 0.25) is 0 Å². The number of amides is 1. The predicted molar refractivity (Wildman–Crippen MR) is 137 cm³/mol. The van der Waals surface area contributed by atoms with Crippen molar-refractivity contribution in [3.63, 3.8) is 0 Å². The molecular formula is C26H25F3N6O2S. The summed E-state index contributed by atoms with van der Waals surface area (Å²) in [5, 5.41) is 27.3. The van der Waals surface area contributed by atoms with Crippen molar-refractivity contribution in [3.8, 4) is 11.8 Å². The zero-order chi connectivity index (χ0) is 28.0. The van der Waals surface area contributed by atoms with Crippen LogP contribution in [0.3, 0.4) is 0 Å². The number of benzene rings is 2. The summed E-state index contributed by atoms with van der Waals surface area (Å²) in [6.45, 7) is 6.92. The van der Waals surface area contributed by atoms with Gasteiger partial charge in [-0.25, -0.2) is 4.68 Å². The van der Waals surface area contributed by atoms with Gasteiger partial charge in [0, 0.05) is 13.0 Å². The molecule has 1 fully saturated rings. The molecule has 0 unspecified atom stereocenters. The highest BCUT2D eigenvalue weighted by Crippen LogP contribution is 2.38. The Morgan fingerprint density at radius 3 is 2.32 bits per heavy atom. The van der Waals surface area contributed by atoms with E-state index in [0.29, 0.717) is 12.1 Å². The third-order valence-corrected chi connectivity index (χ3v) is 6.61. The highest BCUT2D eigenvalue weighted by atomic mass is 32.1. The lowest BCUT2D eigenvalue weighted by Crippen LogP contribution is -2.43. The lowest BCUT2D eigenvalue weighted by atomic mass is 10.0. The molecule has 0 aliphatic carbocycles. The molecule has 198 valence electrons. The molecule has 1 aliphatic rings. The first-order valence-electron chi connectivity index (χ1n) is 11.6. The summed E-state index contributed by atoms with van der Waals surface area (Å²) >= 11 is 5.56. The van der Waals surface area contributed by atoms with Gasteiger partial charge in [0.15, 0.2) is 5.11 Å². The van der Waals surface area contributed by atoms with Crippen molar-refractivity contribution in [1.29, 1.82) is 5.26 Å². The number of carbonyl (C=O) groups excluding carboxylic acids is 1. The number of alkyl halides is 3. The molecule has 8 nitrogen and oxygen atoms in total. The van der Waals surface area contributed by atoms with Crippen LogP contribution in [0.1, 0.15) is 50.1 Å². The van der Waals surface area contributed by atoms with Crippen LogP contribution in [0.5, 0.6) is 0 Å². The molecule has 1 aliphatic heterocycles. The lowest BCUT2D eigenvalue weighted by molar-refractivity contribution is -0.137. The second-order valence-corrected chi connectivity index (χ2v) is 10.6. The van der Waals surface area contributed by atoms with Crippen molar-refractivity contribution in [3.05, 3.63) is 71.0 Å². The molecule has 2 aromatic carbocycles. The van der Waals surface area contributed by atoms with Crippen LogP contribution in [0.15, 0.2) is 48.7 Å². The van der Waals surface area contributed by atoms with Gasteiger partial charge in [-0.2, -0.15) is 18.4 Å². The molecule has 0 bridgehead atoms. The monoisotopic (exact) mass is 542 g/mol. The van der Waals surface area contributed by atoms with Gasteiger partial charge >= 0.3 is 6.18 Å². The van der Waals surface area contributed by atoms with Gasteiger partial charge in [0.05, 0.1) is 46.1 Å². The first-order valence-corrected chi connectivity index (χ1v) is 12.0. The van der Waals surface area contributed by atoms with E-state index < -0.39 is 34.4 Å². The fourth-order valence-electron chi connectivity index (χ4n) is 4.22. The summed E-state index contributed by atoms with van der Waals surface area (Å²) in [5.41, 5.74) is -1.56. The van der Waals surface area contributed by atoms with Crippen molar-refractivity contribution in [1.82, 2.24) is 19.9 Å². The van der Waals surface area contributed by atoms with E-state index in [2.05, 4.69) is 10.3 Å². The molecule has 2 heterocycles. The maximum atomic E-state index is 13.5. The van der Waals surface area contributed by atoms with Gasteiger partial charge in [-0.3, -0.25) is 9.69 Å². The highest BCUT2D eigenvalue weighted by molar-refractivity contribution is 7.80. The predicted octanol–water partition coefficient (Wildman–Crippen LogP) is 4.38. The molecule has 4 rings (SSSR count). The Hall–Kier alpha value is -3.82. The second kappa shape index (κ2) is 9.49. The molecule has 0 saturated carbocycles. The normalized spacial score (nSPS) is 15.8. The molecule has 0 spiro atoms. The van der Waals surface area contributed by atoms with Gasteiger partial charge in [-0.15, -0.1) is 5.10 Å². The number of carbonyl (C=O) groups is 1. The van der Waals surface area contributed by atoms with Crippen LogP contribution < -0.4 is 4.90 Å². The first-order chi connectivity index (χ1) is 17.6. The van der Waals surface area contributed by atoms with E-state index in [1.54, 1.807) is 43.5 Å². The molecule has 1 saturated heterocycles. The van der Waals surface area contributed by atoms with Gasteiger partial charge < -0.3 is 10.0 Å². The summed E-state index contributed by atoms with van der Waals surface area (Å²) in [5.74, 6) is -0.473. The van der Waals surface area contributed by atoms with Crippen LogP contribution in [-0.4, -0.2) is 47.2 Å². The number of hydrogen-bond donors (Lipinski definition) is 1. The third kappa shape index (κ3) is 5.25. The number of rotatable bonds is 6.